The maximum atomic E-state index is 12.7. The van der Waals surface area contributed by atoms with Crippen LogP contribution in [0.4, 0.5) is 0 Å². The molecule has 1 fully saturated rings. The quantitative estimate of drug-likeness (QED) is 0.639. The zero-order valence-electron chi connectivity index (χ0n) is 15.7. The van der Waals surface area contributed by atoms with Gasteiger partial charge in [0, 0.05) is 26.7 Å². The van der Waals surface area contributed by atoms with E-state index in [0.717, 1.165) is 5.56 Å². The first-order chi connectivity index (χ1) is 12.3. The van der Waals surface area contributed by atoms with Crippen LogP contribution in [0.3, 0.4) is 0 Å². The number of carbonyl (C=O) groups excluding carboxylic acids is 1. The number of ether oxygens (including phenoxy) is 2. The van der Waals surface area contributed by atoms with Gasteiger partial charge in [-0.15, -0.1) is 0 Å². The van der Waals surface area contributed by atoms with E-state index >= 15 is 0 Å². The summed E-state index contributed by atoms with van der Waals surface area (Å²) in [5, 5.41) is 0. The Kier molecular flexibility index (Phi) is 7.43. The van der Waals surface area contributed by atoms with E-state index in [2.05, 4.69) is 0 Å². The van der Waals surface area contributed by atoms with Gasteiger partial charge in [0.15, 0.2) is 0 Å². The smallest absolute Gasteiger partial charge is 0.310 e. The SMILES string of the molecule is CCOC(=O)C1CCCN(S(=O)(=O)N(C)CCOc2ccc(C)cc2)C1. The Morgan fingerprint density at radius 1 is 1.31 bits per heavy atom. The molecule has 0 N–H and O–H groups in total. The lowest BCUT2D eigenvalue weighted by Gasteiger charge is -2.33. The topological polar surface area (TPSA) is 76.2 Å². The average Bonchev–Trinajstić information content (AvgIpc) is 2.63. The summed E-state index contributed by atoms with van der Waals surface area (Å²) in [5.41, 5.74) is 1.14. The highest BCUT2D eigenvalue weighted by molar-refractivity contribution is 7.86. The maximum Gasteiger partial charge on any atom is 0.310 e. The number of hydrogen-bond donors (Lipinski definition) is 0. The molecule has 0 bridgehead atoms. The van der Waals surface area contributed by atoms with E-state index in [-0.39, 0.29) is 25.7 Å². The summed E-state index contributed by atoms with van der Waals surface area (Å²) in [6, 6.07) is 7.61. The van der Waals surface area contributed by atoms with Crippen LogP contribution in [-0.2, 0) is 19.7 Å². The Hall–Kier alpha value is -1.64. The summed E-state index contributed by atoms with van der Waals surface area (Å²) < 4.78 is 38.8. The van der Waals surface area contributed by atoms with Gasteiger partial charge in [-0.2, -0.15) is 17.0 Å². The molecule has 1 aromatic rings. The summed E-state index contributed by atoms with van der Waals surface area (Å²) in [5.74, 6) is -0.00446. The Labute approximate surface area is 156 Å². The number of rotatable bonds is 8. The van der Waals surface area contributed by atoms with Crippen LogP contribution in [0, 0.1) is 12.8 Å². The molecule has 7 nitrogen and oxygen atoms in total. The van der Waals surface area contributed by atoms with Crippen molar-refractivity contribution < 1.29 is 22.7 Å². The van der Waals surface area contributed by atoms with Crippen LogP contribution < -0.4 is 4.74 Å². The largest absolute Gasteiger partial charge is 0.492 e. The van der Waals surface area contributed by atoms with Crippen LogP contribution in [0.2, 0.25) is 0 Å². The fraction of sp³-hybridized carbons (Fsp3) is 0.611. The lowest BCUT2D eigenvalue weighted by Crippen LogP contribution is -2.49. The van der Waals surface area contributed by atoms with Gasteiger partial charge in [-0.3, -0.25) is 4.79 Å². The zero-order valence-corrected chi connectivity index (χ0v) is 16.5. The van der Waals surface area contributed by atoms with Crippen LogP contribution in [0.1, 0.15) is 25.3 Å². The molecule has 1 aliphatic heterocycles. The summed E-state index contributed by atoms with van der Waals surface area (Å²) in [6.07, 6.45) is 1.31. The third-order valence-electron chi connectivity index (χ3n) is 4.42. The molecular formula is C18H28N2O5S. The number of benzene rings is 1. The first kappa shape index (κ1) is 20.7. The first-order valence-corrected chi connectivity index (χ1v) is 10.3. The first-order valence-electron chi connectivity index (χ1n) is 8.92. The molecular weight excluding hydrogens is 356 g/mol. The molecule has 1 heterocycles. The van der Waals surface area contributed by atoms with Crippen LogP contribution >= 0.6 is 0 Å². The van der Waals surface area contributed by atoms with Gasteiger partial charge in [-0.1, -0.05) is 17.7 Å². The number of esters is 1. The molecule has 2 rings (SSSR count). The molecule has 26 heavy (non-hydrogen) atoms. The molecule has 0 amide bonds. The minimum atomic E-state index is -3.63. The van der Waals surface area contributed by atoms with Gasteiger partial charge < -0.3 is 9.47 Å². The van der Waals surface area contributed by atoms with E-state index in [1.54, 1.807) is 6.92 Å². The molecule has 1 atom stereocenters. The Balaban J connectivity index is 1.88. The summed E-state index contributed by atoms with van der Waals surface area (Å²) >= 11 is 0. The number of carbonyl (C=O) groups is 1. The standard InChI is InChI=1S/C18H28N2O5S/c1-4-24-18(21)16-6-5-11-20(14-16)26(22,23)19(3)12-13-25-17-9-7-15(2)8-10-17/h7-10,16H,4-6,11-14H2,1-3H3. The van der Waals surface area contributed by atoms with Crippen molar-refractivity contribution >= 4 is 16.2 Å². The third-order valence-corrected chi connectivity index (χ3v) is 6.37. The fourth-order valence-corrected chi connectivity index (χ4v) is 4.27. The second-order valence-corrected chi connectivity index (χ2v) is 8.48. The van der Waals surface area contributed by atoms with Crippen LogP contribution in [0.5, 0.6) is 5.75 Å². The van der Waals surface area contributed by atoms with Crippen LogP contribution in [0.15, 0.2) is 24.3 Å². The summed E-state index contributed by atoms with van der Waals surface area (Å²) in [6.45, 7) is 5.12. The highest BCUT2D eigenvalue weighted by Crippen LogP contribution is 2.22. The van der Waals surface area contributed by atoms with E-state index in [1.807, 2.05) is 31.2 Å². The zero-order chi connectivity index (χ0) is 19.2. The highest BCUT2D eigenvalue weighted by Gasteiger charge is 2.35. The number of aryl methyl sites for hydroxylation is 1. The molecule has 0 spiro atoms. The summed E-state index contributed by atoms with van der Waals surface area (Å²) in [4.78, 5) is 11.9. The molecule has 1 aromatic carbocycles. The molecule has 146 valence electrons. The monoisotopic (exact) mass is 384 g/mol. The third kappa shape index (κ3) is 5.43. The molecule has 0 saturated carbocycles. The van der Waals surface area contributed by atoms with Gasteiger partial charge in [0.25, 0.3) is 10.2 Å². The van der Waals surface area contributed by atoms with Gasteiger partial charge in [0.05, 0.1) is 12.5 Å². The predicted molar refractivity (Wildman–Crippen MR) is 99.2 cm³/mol. The highest BCUT2D eigenvalue weighted by atomic mass is 32.2. The number of piperidine rings is 1. The Morgan fingerprint density at radius 3 is 2.65 bits per heavy atom. The maximum absolute atomic E-state index is 12.7. The molecule has 8 heteroatoms. The molecule has 1 unspecified atom stereocenters. The second-order valence-electron chi connectivity index (χ2n) is 6.44. The van der Waals surface area contributed by atoms with E-state index in [4.69, 9.17) is 9.47 Å². The Morgan fingerprint density at radius 2 is 2.00 bits per heavy atom. The van der Waals surface area contributed by atoms with Crippen LogP contribution in [-0.4, -0.2) is 62.9 Å². The van der Waals surface area contributed by atoms with Crippen molar-refractivity contribution in [1.82, 2.24) is 8.61 Å². The van der Waals surface area contributed by atoms with Crippen molar-refractivity contribution in [3.63, 3.8) is 0 Å². The van der Waals surface area contributed by atoms with Gasteiger partial charge in [0.2, 0.25) is 0 Å². The van der Waals surface area contributed by atoms with Gasteiger partial charge in [-0.25, -0.2) is 0 Å². The number of nitrogens with zero attached hydrogens (tertiary/aromatic N) is 2. The molecule has 0 aromatic heterocycles. The van der Waals surface area contributed by atoms with Crippen molar-refractivity contribution in [2.75, 3.05) is 39.9 Å². The van der Waals surface area contributed by atoms with Crippen molar-refractivity contribution in [3.05, 3.63) is 29.8 Å². The molecule has 1 saturated heterocycles. The van der Waals surface area contributed by atoms with Crippen molar-refractivity contribution in [3.8, 4) is 5.75 Å². The lowest BCUT2D eigenvalue weighted by atomic mass is 10.0. The van der Waals surface area contributed by atoms with Crippen molar-refractivity contribution in [2.45, 2.75) is 26.7 Å². The van der Waals surface area contributed by atoms with Crippen molar-refractivity contribution in [2.24, 2.45) is 5.92 Å². The number of hydrogen-bond acceptors (Lipinski definition) is 5. The normalized spacial score (nSPS) is 18.7. The minimum Gasteiger partial charge on any atom is -0.492 e. The lowest BCUT2D eigenvalue weighted by molar-refractivity contribution is -0.149. The van der Waals surface area contributed by atoms with Crippen molar-refractivity contribution in [1.29, 1.82) is 0 Å². The van der Waals surface area contributed by atoms with Gasteiger partial charge in [-0.05, 0) is 38.8 Å². The van der Waals surface area contributed by atoms with E-state index < -0.39 is 16.1 Å². The summed E-state index contributed by atoms with van der Waals surface area (Å²) in [7, 11) is -2.10. The van der Waals surface area contributed by atoms with Gasteiger partial charge >= 0.3 is 5.97 Å². The average molecular weight is 384 g/mol. The predicted octanol–water partition coefficient (Wildman–Crippen LogP) is 1.83. The second kappa shape index (κ2) is 9.34. The molecule has 0 radical (unpaired) electrons. The van der Waals surface area contributed by atoms with E-state index in [1.165, 1.54) is 15.7 Å². The fourth-order valence-electron chi connectivity index (χ4n) is 2.84. The number of likely N-dealkylation sites (N-methyl/N-ethyl adjacent to an activating group) is 1. The van der Waals surface area contributed by atoms with Gasteiger partial charge in [0.1, 0.15) is 12.4 Å². The minimum absolute atomic E-state index is 0.171. The van der Waals surface area contributed by atoms with E-state index in [0.29, 0.717) is 31.7 Å². The molecule has 0 aliphatic carbocycles. The van der Waals surface area contributed by atoms with Crippen LogP contribution in [0.25, 0.3) is 0 Å². The molecule has 1 aliphatic rings. The van der Waals surface area contributed by atoms with E-state index in [9.17, 15) is 13.2 Å². The Bertz CT molecular complexity index is 690.